The lowest BCUT2D eigenvalue weighted by atomic mass is 10.2. The molecule has 68 valence electrons. The van der Waals surface area contributed by atoms with Crippen molar-refractivity contribution in [2.24, 2.45) is 0 Å². The highest BCUT2D eigenvalue weighted by atomic mass is 32.2. The molecule has 0 N–H and O–H groups in total. The second-order valence-electron chi connectivity index (χ2n) is 3.17. The molecule has 0 rings (SSSR count). The van der Waals surface area contributed by atoms with Crippen LogP contribution < -0.4 is 0 Å². The van der Waals surface area contributed by atoms with E-state index in [0.29, 0.717) is 17.9 Å². The first-order valence-corrected chi connectivity index (χ1v) is 5.61. The molecule has 1 nitrogen and oxygen atoms in total. The topological polar surface area (TPSA) is 9.23 Å². The molecule has 0 aromatic carbocycles. The van der Waals surface area contributed by atoms with Crippen LogP contribution in [-0.2, 0) is 4.74 Å². The van der Waals surface area contributed by atoms with Crippen molar-refractivity contribution < 1.29 is 8.62 Å². The van der Waals surface area contributed by atoms with Gasteiger partial charge in [0.2, 0.25) is 0 Å². The summed E-state index contributed by atoms with van der Waals surface area (Å²) >= 11 is 1.87. The lowest BCUT2D eigenvalue weighted by Crippen LogP contribution is -2.26. The molecule has 1 atom stereocenters. The summed E-state index contributed by atoms with van der Waals surface area (Å²) in [4.78, 5) is 0. The maximum absolute atomic E-state index is 11.8. The van der Waals surface area contributed by atoms with Crippen molar-refractivity contribution in [2.75, 3.05) is 12.0 Å². The molecule has 0 saturated carbocycles. The van der Waals surface area contributed by atoms with Gasteiger partial charge in [-0.1, -0.05) is 0 Å². The normalized spacial score (nSPS) is 15.0. The van der Waals surface area contributed by atoms with E-state index in [9.17, 15) is 3.89 Å². The highest BCUT2D eigenvalue weighted by molar-refractivity contribution is 8.01. The van der Waals surface area contributed by atoms with Crippen molar-refractivity contribution in [3.05, 3.63) is 0 Å². The van der Waals surface area contributed by atoms with Crippen molar-refractivity contribution in [3.8, 4) is 0 Å². The summed E-state index contributed by atoms with van der Waals surface area (Å²) in [7, 11) is 0. The van der Waals surface area contributed by atoms with Crippen molar-refractivity contribution in [1.29, 1.82) is 0 Å². The van der Waals surface area contributed by atoms with E-state index in [-0.39, 0.29) is 11.0 Å². The highest BCUT2D eigenvalue weighted by Crippen LogP contribution is 2.21. The van der Waals surface area contributed by atoms with Gasteiger partial charge in [-0.2, -0.15) is 3.89 Å². The van der Waals surface area contributed by atoms with Gasteiger partial charge in [-0.25, -0.2) is 0 Å². The molecule has 0 bridgehead atoms. The van der Waals surface area contributed by atoms with Crippen molar-refractivity contribution in [2.45, 2.75) is 31.8 Å². The molecule has 11 heavy (non-hydrogen) atoms. The Morgan fingerprint density at radius 3 is 2.27 bits per heavy atom. The van der Waals surface area contributed by atoms with Crippen LogP contribution in [0.3, 0.4) is 0 Å². The van der Waals surface area contributed by atoms with E-state index in [1.807, 2.05) is 27.0 Å². The van der Waals surface area contributed by atoms with Crippen LogP contribution in [0.2, 0.25) is 0 Å². The minimum atomic E-state index is -0.177. The predicted octanol–water partition coefficient (Wildman–Crippen LogP) is 3.11. The van der Waals surface area contributed by atoms with Gasteiger partial charge in [0.25, 0.3) is 0 Å². The zero-order chi connectivity index (χ0) is 8.91. The van der Waals surface area contributed by atoms with Crippen LogP contribution in [0.15, 0.2) is 0 Å². The maximum Gasteiger partial charge on any atom is 0.115 e. The first-order valence-electron chi connectivity index (χ1n) is 3.44. The lowest BCUT2D eigenvalue weighted by Gasteiger charge is -2.25. The van der Waals surface area contributed by atoms with Gasteiger partial charge in [-0.15, -0.1) is 11.8 Å². The Hall–Kier alpha value is 0.590. The molecule has 0 aliphatic heterocycles. The largest absolute Gasteiger partial charge is 0.361 e. The molecule has 0 saturated heterocycles. The Kier molecular flexibility index (Phi) is 5.56. The molecule has 0 aromatic rings. The molecule has 0 heterocycles. The van der Waals surface area contributed by atoms with Crippen molar-refractivity contribution in [1.82, 2.24) is 0 Å². The molecule has 0 aliphatic rings. The number of thioether (sulfide) groups is 1. The Morgan fingerprint density at radius 1 is 1.45 bits per heavy atom. The molecule has 0 spiro atoms. The van der Waals surface area contributed by atoms with E-state index >= 15 is 0 Å². The molecular formula is C7H15FOS2. The molecular weight excluding hydrogens is 183 g/mol. The predicted molar refractivity (Wildman–Crippen MR) is 51.7 cm³/mol. The third-order valence-electron chi connectivity index (χ3n) is 0.947. The van der Waals surface area contributed by atoms with Crippen LogP contribution in [0.4, 0.5) is 3.89 Å². The summed E-state index contributed by atoms with van der Waals surface area (Å²) in [6, 6.07) is 0. The van der Waals surface area contributed by atoms with E-state index in [4.69, 9.17) is 4.74 Å². The second kappa shape index (κ2) is 5.27. The molecule has 0 fully saturated rings. The van der Waals surface area contributed by atoms with Crippen LogP contribution in [0.25, 0.3) is 0 Å². The number of hydrogen-bond donors (Lipinski definition) is 0. The fourth-order valence-corrected chi connectivity index (χ4v) is 1.85. The number of hydrogen-bond acceptors (Lipinski definition) is 3. The summed E-state index contributed by atoms with van der Waals surface area (Å²) < 4.78 is 17.4. The fourth-order valence-electron chi connectivity index (χ4n) is 0.596. The van der Waals surface area contributed by atoms with Crippen LogP contribution in [0, 0.1) is 0 Å². The molecule has 1 unspecified atom stereocenters. The van der Waals surface area contributed by atoms with Gasteiger partial charge in [0.05, 0.1) is 11.4 Å². The summed E-state index contributed by atoms with van der Waals surface area (Å²) in [6.07, 6.45) is 1.92. The Balaban J connectivity index is 3.68. The Bertz CT molecular complexity index is 103. The molecule has 4 heteroatoms. The van der Waals surface area contributed by atoms with Gasteiger partial charge in [0.1, 0.15) is 5.44 Å². The Labute approximate surface area is 76.7 Å². The van der Waals surface area contributed by atoms with E-state index in [0.717, 1.165) is 0 Å². The van der Waals surface area contributed by atoms with Gasteiger partial charge in [-0.3, -0.25) is 0 Å². The first-order chi connectivity index (χ1) is 4.99. The van der Waals surface area contributed by atoms with E-state index in [2.05, 4.69) is 0 Å². The average Bonchev–Trinajstić information content (AvgIpc) is 1.84. The highest BCUT2D eigenvalue weighted by Gasteiger charge is 2.17. The number of halogens is 1. The maximum atomic E-state index is 11.8. The quantitative estimate of drug-likeness (QED) is 0.642. The SMILES string of the molecule is CSC(CSF)OC(C)(C)C. The van der Waals surface area contributed by atoms with Crippen LogP contribution in [0.5, 0.6) is 0 Å². The summed E-state index contributed by atoms with van der Waals surface area (Å²) in [5, 5.41) is 0. The zero-order valence-electron chi connectivity index (χ0n) is 7.39. The molecule has 0 aliphatic carbocycles. The fraction of sp³-hybridized carbons (Fsp3) is 1.00. The standard InChI is InChI=1S/C7H15FOS2/c1-7(2,3)9-6(10-4)5-11-8/h6H,5H2,1-4H3. The lowest BCUT2D eigenvalue weighted by molar-refractivity contribution is -0.00967. The number of ether oxygens (including phenoxy) is 1. The summed E-state index contributed by atoms with van der Waals surface area (Å²) in [5.41, 5.74) is -0.214. The zero-order valence-corrected chi connectivity index (χ0v) is 9.02. The monoisotopic (exact) mass is 198 g/mol. The van der Waals surface area contributed by atoms with Crippen molar-refractivity contribution in [3.63, 3.8) is 0 Å². The summed E-state index contributed by atoms with van der Waals surface area (Å²) in [6.45, 7) is 5.91. The van der Waals surface area contributed by atoms with Gasteiger partial charge in [0.15, 0.2) is 0 Å². The van der Waals surface area contributed by atoms with Gasteiger partial charge in [0, 0.05) is 12.1 Å². The van der Waals surface area contributed by atoms with Gasteiger partial charge < -0.3 is 4.74 Å². The third kappa shape index (κ3) is 6.97. The molecule has 0 amide bonds. The Morgan fingerprint density at radius 2 is 2.00 bits per heavy atom. The van der Waals surface area contributed by atoms with E-state index in [1.54, 1.807) is 0 Å². The first kappa shape index (κ1) is 11.6. The number of rotatable bonds is 4. The summed E-state index contributed by atoms with van der Waals surface area (Å²) in [5.74, 6) is 0.401. The third-order valence-corrected chi connectivity index (χ3v) is 2.38. The minimum Gasteiger partial charge on any atom is -0.361 e. The molecule has 0 radical (unpaired) electrons. The second-order valence-corrected chi connectivity index (χ2v) is 4.72. The van der Waals surface area contributed by atoms with Crippen LogP contribution >= 0.6 is 23.9 Å². The van der Waals surface area contributed by atoms with Gasteiger partial charge >= 0.3 is 0 Å². The van der Waals surface area contributed by atoms with Gasteiger partial charge in [-0.05, 0) is 27.0 Å². The molecule has 0 aromatic heterocycles. The van der Waals surface area contributed by atoms with Crippen LogP contribution in [0.1, 0.15) is 20.8 Å². The van der Waals surface area contributed by atoms with E-state index in [1.165, 1.54) is 11.8 Å². The van der Waals surface area contributed by atoms with Crippen molar-refractivity contribution >= 4 is 23.9 Å². The minimum absolute atomic E-state index is 0.0370. The van der Waals surface area contributed by atoms with Crippen LogP contribution in [-0.4, -0.2) is 23.0 Å². The average molecular weight is 198 g/mol. The van der Waals surface area contributed by atoms with E-state index < -0.39 is 0 Å². The smallest absolute Gasteiger partial charge is 0.115 e.